The minimum Gasteiger partial charge on any atom is -0.489 e. The summed E-state index contributed by atoms with van der Waals surface area (Å²) < 4.78 is 77.5. The van der Waals surface area contributed by atoms with Crippen LogP contribution in [0.15, 0.2) is 425 Å². The van der Waals surface area contributed by atoms with E-state index in [1.165, 1.54) is 0 Å². The normalized spacial score (nSPS) is 13.0. The Hall–Kier alpha value is -17.6. The van der Waals surface area contributed by atoms with Gasteiger partial charge in [0.15, 0.2) is 0 Å². The molecular formula is C135H100O10. The van der Waals surface area contributed by atoms with Crippen LogP contribution in [0.2, 0.25) is 0 Å². The van der Waals surface area contributed by atoms with E-state index in [9.17, 15) is 0 Å². The number of rotatable bonds is 15. The SMILES string of the molecule is c1ccc(COc2cc3c4c(c2)Cc2cc(OCc5ccccc5)cc5c2OCc2cc6cc(c2)-c2cccc(c2)-c2cc7cc(c2)-c2cccc(c2)-c2cc8cc(c2)-c2cccc(c2)-c2cc(cc(c2)-c2cccc(c2)-c2cc(cc(c2)-c2cccc-6c2)CO4)COc2c(cc(OCc4ccccc4)cc2Cc2cc(OCc4ccccc4)cc(c2OC8)Cc2cc(OCc4ccccc4)cc(c2OC7)C5)C3)cc1. The average molecular weight is 1880 g/mol. The number of fused-ring (bicyclic) bond motifs is 35. The first kappa shape index (κ1) is 87.6. The number of hydrogen-bond donors (Lipinski definition) is 0. The molecule has 10 heteroatoms. The third-order valence-corrected chi connectivity index (χ3v) is 28.8. The zero-order valence-corrected chi connectivity index (χ0v) is 80.1. The summed E-state index contributed by atoms with van der Waals surface area (Å²) in [6.45, 7) is 2.07. The molecule has 26 rings (SSSR count). The molecule has 145 heavy (non-hydrogen) atoms. The molecule has 0 saturated carbocycles. The van der Waals surface area contributed by atoms with Crippen molar-refractivity contribution in [2.24, 2.45) is 0 Å². The molecular weight excluding hydrogens is 1780 g/mol. The summed E-state index contributed by atoms with van der Waals surface area (Å²) in [6.07, 6.45) is 1.25. The number of ether oxygens (including phenoxy) is 10. The summed E-state index contributed by atoms with van der Waals surface area (Å²) in [5.41, 5.74) is 39.1. The standard InChI is InChI=1S/C135H100O10/c1-6-21-86(22-7-1)76-136-126-66-116-61-118-68-127(137-77-87-23-8-2-9-24-87)70-120-63-122-72-129(139-79-89-27-12-4-13-28-89)74-124-65-125-75-130(140-80-90-29-14-5-15-30-90)73-123-64-121-71-128(138-78-88-25-10-3-11-26-88)69-119-62-117(67-126)131(116)141-81-91-41-106-56-107(42-91)97-32-17-34-99(52-97)109-44-93(83-143-133(119)121)46-111(58-109)101-36-19-38-103(54-101)113-48-95(85-145-135(123)125)50-115(60-113)105-40-20-39-104(55-105)114-49-94(84-144-134(122)124)47-112(59-114)102-37-18-35-100(53-102)110-45-92(82-142-132(118)120)43-108(57-110)98-33-16-31-96(106)51-98/h1-60,66-75H,61-65,76-85H2. The summed E-state index contributed by atoms with van der Waals surface area (Å²) in [5.74, 6) is 6.47. The Morgan fingerprint density at radius 1 is 0.138 bits per heavy atom. The van der Waals surface area contributed by atoms with Gasteiger partial charge in [0.1, 0.15) is 124 Å². The molecule has 0 fully saturated rings. The molecule has 0 atom stereocenters. The van der Waals surface area contributed by atoms with E-state index in [4.69, 9.17) is 47.4 Å². The van der Waals surface area contributed by atoms with Crippen LogP contribution in [0.25, 0.3) is 111 Å². The fraction of sp³-hybridized carbons (Fsp3) is 0.111. The number of hydrogen-bond acceptors (Lipinski definition) is 10. The summed E-state index contributed by atoms with van der Waals surface area (Å²) in [7, 11) is 0. The third-order valence-electron chi connectivity index (χ3n) is 28.8. The topological polar surface area (TPSA) is 92.3 Å². The second-order valence-electron chi connectivity index (χ2n) is 39.0. The van der Waals surface area contributed by atoms with Crippen LogP contribution in [0.3, 0.4) is 0 Å². The van der Waals surface area contributed by atoms with Gasteiger partial charge in [-0.1, -0.05) is 243 Å². The fourth-order valence-corrected chi connectivity index (χ4v) is 21.7. The van der Waals surface area contributed by atoms with E-state index >= 15 is 0 Å². The first-order valence-electron chi connectivity index (χ1n) is 50.1. The van der Waals surface area contributed by atoms with Crippen LogP contribution >= 0.6 is 0 Å². The summed E-state index contributed by atoms with van der Waals surface area (Å²) in [4.78, 5) is 0. The molecule has 0 N–H and O–H groups in total. The van der Waals surface area contributed by atoms with Crippen molar-refractivity contribution in [1.82, 2.24) is 0 Å². The summed E-state index contributed by atoms with van der Waals surface area (Å²) in [6, 6.07) is 154. The Bertz CT molecular complexity index is 6960. The van der Waals surface area contributed by atoms with Crippen LogP contribution < -0.4 is 47.4 Å². The molecule has 5 aliphatic heterocycles. The van der Waals surface area contributed by atoms with E-state index in [0.29, 0.717) is 57.5 Å². The molecule has 700 valence electrons. The van der Waals surface area contributed by atoms with Gasteiger partial charge in [-0.25, -0.2) is 0 Å². The van der Waals surface area contributed by atoms with E-state index in [2.05, 4.69) is 394 Å². The molecule has 0 spiro atoms. The highest BCUT2D eigenvalue weighted by Gasteiger charge is 2.31. The fourth-order valence-electron chi connectivity index (χ4n) is 21.7. The molecule has 20 aromatic rings. The summed E-state index contributed by atoms with van der Waals surface area (Å²) >= 11 is 0. The molecule has 0 unspecified atom stereocenters. The first-order chi connectivity index (χ1) is 71.6. The molecule has 5 heterocycles. The van der Waals surface area contributed by atoms with Gasteiger partial charge in [-0.3, -0.25) is 0 Å². The maximum Gasteiger partial charge on any atom is 0.127 e. The average Bonchev–Trinajstić information content (AvgIpc) is 0.772. The van der Waals surface area contributed by atoms with Crippen molar-refractivity contribution in [3.63, 3.8) is 0 Å². The second kappa shape index (κ2) is 38.4. The van der Waals surface area contributed by atoms with Crippen molar-refractivity contribution in [3.05, 3.63) is 536 Å². The zero-order valence-electron chi connectivity index (χ0n) is 80.1. The number of benzene rings is 20. The van der Waals surface area contributed by atoms with Crippen LogP contribution in [-0.2, 0) is 98.2 Å². The van der Waals surface area contributed by atoms with Gasteiger partial charge < -0.3 is 47.4 Å². The Balaban J connectivity index is 0.838. The van der Waals surface area contributed by atoms with Gasteiger partial charge in [-0.15, -0.1) is 0 Å². The third kappa shape index (κ3) is 18.8. The maximum atomic E-state index is 8.11. The Morgan fingerprint density at radius 2 is 0.276 bits per heavy atom. The van der Waals surface area contributed by atoms with Crippen molar-refractivity contribution >= 4 is 0 Å². The molecule has 6 aliphatic rings. The van der Waals surface area contributed by atoms with Gasteiger partial charge >= 0.3 is 0 Å². The molecule has 10 nitrogen and oxygen atoms in total. The Kier molecular flexibility index (Phi) is 23.2. The molecule has 1 aliphatic carbocycles. The van der Waals surface area contributed by atoms with Crippen LogP contribution in [0.5, 0.6) is 57.5 Å². The van der Waals surface area contributed by atoms with Gasteiger partial charge in [0.05, 0.1) is 0 Å². The molecule has 0 saturated heterocycles. The minimum atomic E-state index is 0.146. The molecule has 0 aromatic heterocycles. The largest absolute Gasteiger partial charge is 0.489 e. The molecule has 0 radical (unpaired) electrons. The van der Waals surface area contributed by atoms with Crippen LogP contribution in [0, 0.1) is 0 Å². The second-order valence-corrected chi connectivity index (χ2v) is 39.0. The maximum absolute atomic E-state index is 8.11. The van der Waals surface area contributed by atoms with Crippen LogP contribution in [-0.4, -0.2) is 0 Å². The predicted octanol–water partition coefficient (Wildman–Crippen LogP) is 32.0. The van der Waals surface area contributed by atoms with E-state index in [-0.39, 0.29) is 98.2 Å². The molecule has 0 amide bonds. The summed E-state index contributed by atoms with van der Waals surface area (Å²) in [5, 5.41) is 0. The van der Waals surface area contributed by atoms with E-state index < -0.39 is 0 Å². The highest BCUT2D eigenvalue weighted by atomic mass is 16.5. The van der Waals surface area contributed by atoms with Crippen molar-refractivity contribution < 1.29 is 47.4 Å². The minimum absolute atomic E-state index is 0.146. The van der Waals surface area contributed by atoms with Crippen molar-refractivity contribution in [2.75, 3.05) is 0 Å². The Morgan fingerprint density at radius 3 is 0.421 bits per heavy atom. The van der Waals surface area contributed by atoms with Crippen molar-refractivity contribution in [1.29, 1.82) is 0 Å². The van der Waals surface area contributed by atoms with Crippen molar-refractivity contribution in [3.8, 4) is 169 Å². The van der Waals surface area contributed by atoms with Gasteiger partial charge in [0.2, 0.25) is 0 Å². The van der Waals surface area contributed by atoms with Gasteiger partial charge in [-0.2, -0.15) is 0 Å². The predicted molar refractivity (Wildman–Crippen MR) is 576 cm³/mol. The quantitative estimate of drug-likeness (QED) is 0.0988. The van der Waals surface area contributed by atoms with Crippen molar-refractivity contribution in [2.45, 2.75) is 98.2 Å². The lowest BCUT2D eigenvalue weighted by atomic mass is 9.89. The lowest BCUT2D eigenvalue weighted by Gasteiger charge is -2.25. The molecule has 40 bridgehead atoms. The van der Waals surface area contributed by atoms with Crippen LogP contribution in [0.1, 0.15) is 111 Å². The monoisotopic (exact) mass is 1880 g/mol. The van der Waals surface area contributed by atoms with Gasteiger partial charge in [0, 0.05) is 87.7 Å². The Labute approximate surface area is 844 Å². The highest BCUT2D eigenvalue weighted by Crippen LogP contribution is 2.50. The van der Waals surface area contributed by atoms with Crippen LogP contribution in [0.4, 0.5) is 0 Å². The van der Waals surface area contributed by atoms with Gasteiger partial charge in [-0.05, 0) is 349 Å². The van der Waals surface area contributed by atoms with Gasteiger partial charge in [0.25, 0.3) is 0 Å². The lowest BCUT2D eigenvalue weighted by molar-refractivity contribution is 0.285. The zero-order chi connectivity index (χ0) is 96.0. The first-order valence-corrected chi connectivity index (χ1v) is 50.1. The molecule has 20 aromatic carbocycles. The van der Waals surface area contributed by atoms with E-state index in [1.807, 2.05) is 30.3 Å². The highest BCUT2D eigenvalue weighted by molar-refractivity contribution is 5.87. The smallest absolute Gasteiger partial charge is 0.127 e. The van der Waals surface area contributed by atoms with E-state index in [1.54, 1.807) is 0 Å². The van der Waals surface area contributed by atoms with E-state index in [0.717, 1.165) is 223 Å². The lowest BCUT2D eigenvalue weighted by Crippen LogP contribution is -2.11.